The van der Waals surface area contributed by atoms with Gasteiger partial charge >= 0.3 is 0 Å². The number of ether oxygens (including phenoxy) is 3. The molecular weight excluding hydrogens is 435 g/mol. The number of fused-ring (bicyclic) bond motifs is 2. The number of rotatable bonds is 9. The summed E-state index contributed by atoms with van der Waals surface area (Å²) < 4.78 is 30.7. The van der Waals surface area contributed by atoms with E-state index in [0.29, 0.717) is 19.6 Å². The number of nitrogens with one attached hydrogen (secondary N) is 1. The minimum Gasteiger partial charge on any atom is -0.494 e. The van der Waals surface area contributed by atoms with Crippen LogP contribution in [-0.2, 0) is 26.2 Å². The van der Waals surface area contributed by atoms with Gasteiger partial charge in [-0.1, -0.05) is 37.3 Å². The maximum Gasteiger partial charge on any atom is 0.220 e. The Morgan fingerprint density at radius 2 is 1.91 bits per heavy atom. The highest BCUT2D eigenvalue weighted by Gasteiger charge is 2.54. The smallest absolute Gasteiger partial charge is 0.220 e. The number of hydrogen-bond donors (Lipinski definition) is 1. The summed E-state index contributed by atoms with van der Waals surface area (Å²) in [6.07, 6.45) is 2.12. The van der Waals surface area contributed by atoms with Gasteiger partial charge in [-0.2, -0.15) is 0 Å². The molecule has 7 heteroatoms. The fraction of sp³-hybridized carbons (Fsp3) is 0.519. The normalized spacial score (nSPS) is 21.4. The molecule has 1 fully saturated rings. The van der Waals surface area contributed by atoms with Crippen LogP contribution in [0.4, 0.5) is 4.39 Å². The van der Waals surface area contributed by atoms with Gasteiger partial charge in [0.2, 0.25) is 5.91 Å². The van der Waals surface area contributed by atoms with E-state index in [-0.39, 0.29) is 35.0 Å². The number of halogens is 1. The molecule has 1 heterocycles. The monoisotopic (exact) mass is 470 g/mol. The Morgan fingerprint density at radius 3 is 2.62 bits per heavy atom. The maximum absolute atomic E-state index is 13.8. The minimum atomic E-state index is -0.345. The standard InChI is InChI=1S/C27H35FN2O4/c1-4-24(31)29-25-20-7-5-6-8-21(20)27(26(25)34-16-15-32-2)11-13-30(14-12-27)18-19-9-10-22(28)23(17-19)33-3/h5-10,17,25-26H,4,11-16,18H2,1-3H3,(H,29,31)/t25-,26+/m0/s1. The van der Waals surface area contributed by atoms with Crippen LogP contribution in [0.15, 0.2) is 42.5 Å². The zero-order valence-corrected chi connectivity index (χ0v) is 20.3. The second-order valence-corrected chi connectivity index (χ2v) is 9.17. The molecule has 4 rings (SSSR count). The van der Waals surface area contributed by atoms with Crippen LogP contribution >= 0.6 is 0 Å². The first-order valence-electron chi connectivity index (χ1n) is 12.1. The third-order valence-electron chi connectivity index (χ3n) is 7.27. The van der Waals surface area contributed by atoms with Crippen molar-refractivity contribution in [3.8, 4) is 5.75 Å². The van der Waals surface area contributed by atoms with Crippen LogP contribution < -0.4 is 10.1 Å². The van der Waals surface area contributed by atoms with Crippen molar-refractivity contribution >= 4 is 5.91 Å². The second kappa shape index (κ2) is 10.8. The van der Waals surface area contributed by atoms with Crippen LogP contribution in [0.5, 0.6) is 5.75 Å². The van der Waals surface area contributed by atoms with Crippen molar-refractivity contribution in [2.75, 3.05) is 40.5 Å². The average molecular weight is 471 g/mol. The molecule has 2 atom stereocenters. The molecule has 2 aromatic rings. The first-order chi connectivity index (χ1) is 16.5. The number of methoxy groups -OCH3 is 2. The van der Waals surface area contributed by atoms with E-state index in [9.17, 15) is 9.18 Å². The van der Waals surface area contributed by atoms with Gasteiger partial charge in [0.1, 0.15) is 0 Å². The topological polar surface area (TPSA) is 60.0 Å². The summed E-state index contributed by atoms with van der Waals surface area (Å²) in [5, 5.41) is 3.23. The molecule has 0 saturated carbocycles. The van der Waals surface area contributed by atoms with E-state index >= 15 is 0 Å². The highest BCUT2D eigenvalue weighted by atomic mass is 19.1. The fourth-order valence-corrected chi connectivity index (χ4v) is 5.52. The van der Waals surface area contributed by atoms with Crippen molar-refractivity contribution in [3.63, 3.8) is 0 Å². The predicted molar refractivity (Wildman–Crippen MR) is 128 cm³/mol. The van der Waals surface area contributed by atoms with E-state index in [1.807, 2.05) is 19.1 Å². The Morgan fingerprint density at radius 1 is 1.15 bits per heavy atom. The van der Waals surface area contributed by atoms with Gasteiger partial charge in [0.05, 0.1) is 32.5 Å². The molecule has 0 aromatic heterocycles. The Bertz CT molecular complexity index is 990. The first-order valence-corrected chi connectivity index (χ1v) is 12.1. The van der Waals surface area contributed by atoms with E-state index < -0.39 is 0 Å². The SMILES string of the molecule is CCC(=O)N[C@H]1c2ccccc2C2(CCN(Cc3ccc(F)c(OC)c3)CC2)[C@@H]1OCCOC. The van der Waals surface area contributed by atoms with Gasteiger partial charge in [0, 0.05) is 25.5 Å². The van der Waals surface area contributed by atoms with E-state index in [4.69, 9.17) is 14.2 Å². The van der Waals surface area contributed by atoms with Crippen LogP contribution in [0.1, 0.15) is 48.9 Å². The molecule has 2 aliphatic rings. The van der Waals surface area contributed by atoms with E-state index in [0.717, 1.165) is 43.6 Å². The van der Waals surface area contributed by atoms with Gasteiger partial charge < -0.3 is 19.5 Å². The summed E-state index contributed by atoms with van der Waals surface area (Å²) in [5.41, 5.74) is 3.29. The summed E-state index contributed by atoms with van der Waals surface area (Å²) in [6.45, 7) is 5.36. The fourth-order valence-electron chi connectivity index (χ4n) is 5.52. The van der Waals surface area contributed by atoms with Crippen molar-refractivity contribution in [2.45, 2.75) is 50.3 Å². The lowest BCUT2D eigenvalue weighted by molar-refractivity contribution is -0.124. The lowest BCUT2D eigenvalue weighted by Crippen LogP contribution is -2.51. The zero-order chi connectivity index (χ0) is 24.1. The van der Waals surface area contributed by atoms with Crippen molar-refractivity contribution in [1.29, 1.82) is 0 Å². The number of benzene rings is 2. The Balaban J connectivity index is 1.56. The molecule has 1 N–H and O–H groups in total. The number of carbonyl (C=O) groups is 1. The molecule has 1 aliphatic carbocycles. The van der Waals surface area contributed by atoms with Crippen molar-refractivity contribution in [1.82, 2.24) is 10.2 Å². The summed E-state index contributed by atoms with van der Waals surface area (Å²) in [5.74, 6) is -0.0423. The summed E-state index contributed by atoms with van der Waals surface area (Å²) in [6, 6.07) is 13.3. The maximum atomic E-state index is 13.8. The zero-order valence-electron chi connectivity index (χ0n) is 20.3. The molecule has 34 heavy (non-hydrogen) atoms. The molecule has 1 aliphatic heterocycles. The summed E-state index contributed by atoms with van der Waals surface area (Å²) in [4.78, 5) is 14.8. The van der Waals surface area contributed by atoms with Crippen molar-refractivity contribution in [2.24, 2.45) is 0 Å². The molecule has 0 unspecified atom stereocenters. The quantitative estimate of drug-likeness (QED) is 0.562. The Labute approximate surface area is 201 Å². The van der Waals surface area contributed by atoms with E-state index in [1.54, 1.807) is 13.2 Å². The number of nitrogens with zero attached hydrogens (tertiary/aromatic N) is 1. The van der Waals surface area contributed by atoms with Gasteiger partial charge in [-0.25, -0.2) is 4.39 Å². The molecular formula is C27H35FN2O4. The molecule has 2 aromatic carbocycles. The lowest BCUT2D eigenvalue weighted by atomic mass is 9.71. The van der Waals surface area contributed by atoms with Gasteiger partial charge in [-0.15, -0.1) is 0 Å². The third kappa shape index (κ3) is 4.83. The van der Waals surface area contributed by atoms with Gasteiger partial charge in [0.25, 0.3) is 0 Å². The largest absolute Gasteiger partial charge is 0.494 e. The first kappa shape index (κ1) is 24.6. The van der Waals surface area contributed by atoms with E-state index in [1.165, 1.54) is 18.7 Å². The molecule has 1 spiro atoms. The van der Waals surface area contributed by atoms with Crippen molar-refractivity contribution < 1.29 is 23.4 Å². The highest BCUT2D eigenvalue weighted by molar-refractivity contribution is 5.76. The second-order valence-electron chi connectivity index (χ2n) is 9.17. The number of likely N-dealkylation sites (tertiary alicyclic amines) is 1. The number of amides is 1. The molecule has 1 saturated heterocycles. The number of carbonyl (C=O) groups excluding carboxylic acids is 1. The van der Waals surface area contributed by atoms with Crippen LogP contribution in [0.3, 0.4) is 0 Å². The van der Waals surface area contributed by atoms with Crippen LogP contribution in [0, 0.1) is 5.82 Å². The minimum absolute atomic E-state index is 0.0277. The number of piperidine rings is 1. The van der Waals surface area contributed by atoms with Crippen LogP contribution in [0.25, 0.3) is 0 Å². The Kier molecular flexibility index (Phi) is 7.86. The average Bonchev–Trinajstić information content (AvgIpc) is 3.10. The highest BCUT2D eigenvalue weighted by Crippen LogP contribution is 2.52. The predicted octanol–water partition coefficient (Wildman–Crippen LogP) is 3.98. The number of hydrogen-bond acceptors (Lipinski definition) is 5. The Hall–Kier alpha value is -2.48. The molecule has 6 nitrogen and oxygen atoms in total. The van der Waals surface area contributed by atoms with Crippen LogP contribution in [0.2, 0.25) is 0 Å². The lowest BCUT2D eigenvalue weighted by Gasteiger charge is -2.44. The van der Waals surface area contributed by atoms with Gasteiger partial charge in [0.15, 0.2) is 11.6 Å². The summed E-state index contributed by atoms with van der Waals surface area (Å²) in [7, 11) is 3.16. The van der Waals surface area contributed by atoms with Crippen molar-refractivity contribution in [3.05, 3.63) is 65.0 Å². The molecule has 184 valence electrons. The van der Waals surface area contributed by atoms with Gasteiger partial charge in [-0.3, -0.25) is 9.69 Å². The molecule has 0 radical (unpaired) electrons. The third-order valence-corrected chi connectivity index (χ3v) is 7.27. The van der Waals surface area contributed by atoms with Gasteiger partial charge in [-0.05, 0) is 54.8 Å². The molecule has 1 amide bonds. The molecule has 0 bridgehead atoms. The van der Waals surface area contributed by atoms with Crippen LogP contribution in [-0.4, -0.2) is 57.4 Å². The van der Waals surface area contributed by atoms with E-state index in [2.05, 4.69) is 28.4 Å². The summed E-state index contributed by atoms with van der Waals surface area (Å²) >= 11 is 0.